The Morgan fingerprint density at radius 2 is 2.14 bits per heavy atom. The summed E-state index contributed by atoms with van der Waals surface area (Å²) in [4.78, 5) is 15.3. The number of aliphatic carboxylic acids is 1. The van der Waals surface area contributed by atoms with E-state index in [-0.39, 0.29) is 18.2 Å². The molecule has 2 N–H and O–H groups in total. The Morgan fingerprint density at radius 1 is 1.46 bits per heavy atom. The number of alkyl halides is 3. The average Bonchev–Trinajstić information content (AvgIpc) is 2.92. The molecule has 0 unspecified atom stereocenters. The van der Waals surface area contributed by atoms with Gasteiger partial charge in [-0.2, -0.15) is 13.2 Å². The molecule has 1 aromatic rings. The van der Waals surface area contributed by atoms with Crippen molar-refractivity contribution in [1.29, 1.82) is 0 Å². The minimum atomic E-state index is -5.08. The Hall–Kier alpha value is -1.76. The van der Waals surface area contributed by atoms with Gasteiger partial charge in [0.05, 0.1) is 18.4 Å². The summed E-state index contributed by atoms with van der Waals surface area (Å²) in [5, 5.41) is 7.12. The van der Waals surface area contributed by atoms with Crippen LogP contribution < -0.4 is 4.72 Å². The van der Waals surface area contributed by atoms with Crippen molar-refractivity contribution in [2.45, 2.75) is 43.8 Å². The molecule has 0 aliphatic carbocycles. The molecule has 158 valence electrons. The highest BCUT2D eigenvalue weighted by molar-refractivity contribution is 7.88. The number of halogens is 3. The van der Waals surface area contributed by atoms with Gasteiger partial charge in [0.2, 0.25) is 10.0 Å². The highest BCUT2D eigenvalue weighted by atomic mass is 32.2. The summed E-state index contributed by atoms with van der Waals surface area (Å²) in [6.07, 6.45) is 1.76. The van der Waals surface area contributed by atoms with Crippen LogP contribution in [0.15, 0.2) is 24.5 Å². The summed E-state index contributed by atoms with van der Waals surface area (Å²) in [5.41, 5.74) is 1.14. The fourth-order valence-electron chi connectivity index (χ4n) is 3.34. The van der Waals surface area contributed by atoms with Crippen molar-refractivity contribution in [3.05, 3.63) is 30.1 Å². The fourth-order valence-corrected chi connectivity index (χ4v) is 4.10. The normalized spacial score (nSPS) is 25.5. The van der Waals surface area contributed by atoms with Crippen LogP contribution in [0.1, 0.15) is 18.4 Å². The van der Waals surface area contributed by atoms with Crippen LogP contribution in [0.4, 0.5) is 13.2 Å². The van der Waals surface area contributed by atoms with E-state index in [4.69, 9.17) is 14.6 Å². The molecule has 2 saturated heterocycles. The highest BCUT2D eigenvalue weighted by Crippen LogP contribution is 2.30. The van der Waals surface area contributed by atoms with Gasteiger partial charge >= 0.3 is 12.1 Å². The number of rotatable bonds is 4. The number of nitrogens with one attached hydrogen (secondary N) is 1. The first-order valence-electron chi connectivity index (χ1n) is 8.49. The van der Waals surface area contributed by atoms with Gasteiger partial charge in [0, 0.05) is 38.1 Å². The molecule has 28 heavy (non-hydrogen) atoms. The average molecular weight is 425 g/mol. The van der Waals surface area contributed by atoms with Gasteiger partial charge in [0.1, 0.15) is 0 Å². The smallest absolute Gasteiger partial charge is 0.475 e. The number of fused-ring (bicyclic) bond motifs is 1. The number of hydrogen-bond donors (Lipinski definition) is 2. The van der Waals surface area contributed by atoms with Crippen LogP contribution in [-0.2, 0) is 26.1 Å². The first kappa shape index (κ1) is 22.5. The number of ether oxygens (including phenoxy) is 1. The van der Waals surface area contributed by atoms with Gasteiger partial charge in [-0.1, -0.05) is 6.07 Å². The maximum Gasteiger partial charge on any atom is 0.490 e. The molecule has 0 saturated carbocycles. The molecule has 2 aliphatic rings. The Balaban J connectivity index is 0.000000345. The van der Waals surface area contributed by atoms with Crippen LogP contribution in [0.5, 0.6) is 0 Å². The van der Waals surface area contributed by atoms with E-state index in [0.717, 1.165) is 24.9 Å². The summed E-state index contributed by atoms with van der Waals surface area (Å²) in [6.45, 7) is 2.17. The minimum Gasteiger partial charge on any atom is -0.475 e. The van der Waals surface area contributed by atoms with Crippen molar-refractivity contribution in [3.8, 4) is 0 Å². The lowest BCUT2D eigenvalue weighted by Crippen LogP contribution is -2.47. The molecule has 8 nitrogen and oxygen atoms in total. The molecule has 3 rings (SSSR count). The zero-order valence-electron chi connectivity index (χ0n) is 15.1. The van der Waals surface area contributed by atoms with E-state index >= 15 is 0 Å². The first-order valence-corrected chi connectivity index (χ1v) is 10.4. The molecule has 0 spiro atoms. The zero-order chi connectivity index (χ0) is 20.9. The SMILES string of the molecule is CS(=O)(=O)N[C@@H]1CN(Cc2cccnc2)[C@@H]2CCCO[C@@H]21.O=C(O)C(F)(F)F. The van der Waals surface area contributed by atoms with Gasteiger partial charge < -0.3 is 9.84 Å². The Morgan fingerprint density at radius 3 is 2.68 bits per heavy atom. The monoisotopic (exact) mass is 425 g/mol. The number of carboxylic acid groups (broad SMARTS) is 1. The van der Waals surface area contributed by atoms with Crippen molar-refractivity contribution >= 4 is 16.0 Å². The molecule has 0 amide bonds. The maximum absolute atomic E-state index is 11.5. The Labute approximate surface area is 160 Å². The van der Waals surface area contributed by atoms with E-state index in [0.29, 0.717) is 13.2 Å². The van der Waals surface area contributed by atoms with E-state index in [1.807, 2.05) is 18.3 Å². The minimum absolute atomic E-state index is 0.0508. The molecule has 3 heterocycles. The van der Waals surface area contributed by atoms with Gasteiger partial charge in [-0.3, -0.25) is 9.88 Å². The predicted molar refractivity (Wildman–Crippen MR) is 92.9 cm³/mol. The van der Waals surface area contributed by atoms with Gasteiger partial charge in [0.25, 0.3) is 0 Å². The van der Waals surface area contributed by atoms with Crippen LogP contribution in [0.3, 0.4) is 0 Å². The van der Waals surface area contributed by atoms with Crippen molar-refractivity contribution in [3.63, 3.8) is 0 Å². The number of likely N-dealkylation sites (tertiary alicyclic amines) is 1. The zero-order valence-corrected chi connectivity index (χ0v) is 15.9. The Bertz CT molecular complexity index is 761. The lowest BCUT2D eigenvalue weighted by atomic mass is 10.0. The molecule has 1 aromatic heterocycles. The highest BCUT2D eigenvalue weighted by Gasteiger charge is 2.44. The summed E-state index contributed by atoms with van der Waals surface area (Å²) < 4.78 is 63.4. The number of nitrogens with zero attached hydrogens (tertiary/aromatic N) is 2. The number of carbonyl (C=O) groups is 1. The molecular formula is C16H22F3N3O5S. The largest absolute Gasteiger partial charge is 0.490 e. The lowest BCUT2D eigenvalue weighted by Gasteiger charge is -2.32. The van der Waals surface area contributed by atoms with Crippen molar-refractivity contribution in [1.82, 2.24) is 14.6 Å². The van der Waals surface area contributed by atoms with Crippen LogP contribution in [-0.4, -0.2) is 73.1 Å². The fraction of sp³-hybridized carbons (Fsp3) is 0.625. The second kappa shape index (κ2) is 9.16. The van der Waals surface area contributed by atoms with Gasteiger partial charge in [0.15, 0.2) is 0 Å². The van der Waals surface area contributed by atoms with E-state index in [2.05, 4.69) is 14.6 Å². The maximum atomic E-state index is 11.5. The molecular weight excluding hydrogens is 403 g/mol. The predicted octanol–water partition coefficient (Wildman–Crippen LogP) is 0.996. The number of carboxylic acids is 1. The number of sulfonamides is 1. The van der Waals surface area contributed by atoms with E-state index in [1.165, 1.54) is 6.26 Å². The molecule has 3 atom stereocenters. The van der Waals surface area contributed by atoms with Crippen molar-refractivity contribution in [2.24, 2.45) is 0 Å². The van der Waals surface area contributed by atoms with Crippen LogP contribution >= 0.6 is 0 Å². The molecule has 2 aliphatic heterocycles. The summed E-state index contributed by atoms with van der Waals surface area (Å²) in [6, 6.07) is 4.08. The summed E-state index contributed by atoms with van der Waals surface area (Å²) in [5.74, 6) is -2.76. The number of pyridine rings is 1. The molecule has 0 bridgehead atoms. The van der Waals surface area contributed by atoms with Gasteiger partial charge in [-0.25, -0.2) is 17.9 Å². The molecule has 0 radical (unpaired) electrons. The van der Waals surface area contributed by atoms with Crippen molar-refractivity contribution in [2.75, 3.05) is 19.4 Å². The van der Waals surface area contributed by atoms with Crippen LogP contribution in [0.2, 0.25) is 0 Å². The van der Waals surface area contributed by atoms with Crippen LogP contribution in [0.25, 0.3) is 0 Å². The van der Waals surface area contributed by atoms with E-state index in [1.54, 1.807) is 6.20 Å². The standard InChI is InChI=1S/C14H21N3O3S.C2HF3O2/c1-21(18,19)16-12-10-17(9-11-4-2-6-15-8-11)13-5-3-7-20-14(12)13;3-2(4,5)1(6)7/h2,4,6,8,12-14,16H,3,5,7,9-10H2,1H3;(H,6,7)/t12-,13-,14-;/m1./s1. The topological polar surface area (TPSA) is 109 Å². The third-order valence-corrected chi connectivity index (χ3v) is 5.08. The van der Waals surface area contributed by atoms with Gasteiger partial charge in [-0.15, -0.1) is 0 Å². The number of hydrogen-bond acceptors (Lipinski definition) is 6. The molecule has 0 aromatic carbocycles. The van der Waals surface area contributed by atoms with E-state index in [9.17, 15) is 21.6 Å². The molecule has 2 fully saturated rings. The lowest BCUT2D eigenvalue weighted by molar-refractivity contribution is -0.192. The second-order valence-electron chi connectivity index (χ2n) is 6.64. The summed E-state index contributed by atoms with van der Waals surface area (Å²) >= 11 is 0. The van der Waals surface area contributed by atoms with Crippen molar-refractivity contribution < 1.29 is 36.2 Å². The Kier molecular flexibility index (Phi) is 7.37. The molecule has 12 heteroatoms. The van der Waals surface area contributed by atoms with Crippen LogP contribution in [0, 0.1) is 0 Å². The quantitative estimate of drug-likeness (QED) is 0.741. The van der Waals surface area contributed by atoms with E-state index < -0.39 is 22.2 Å². The third-order valence-electron chi connectivity index (χ3n) is 4.35. The summed E-state index contributed by atoms with van der Waals surface area (Å²) in [7, 11) is -3.22. The second-order valence-corrected chi connectivity index (χ2v) is 8.42. The van der Waals surface area contributed by atoms with Gasteiger partial charge in [-0.05, 0) is 24.5 Å². The number of aromatic nitrogens is 1. The third kappa shape index (κ3) is 6.69. The first-order chi connectivity index (χ1) is 13.0.